The first-order valence-corrected chi connectivity index (χ1v) is 5.67. The van der Waals surface area contributed by atoms with Gasteiger partial charge >= 0.3 is 0 Å². The van der Waals surface area contributed by atoms with E-state index in [-0.39, 0.29) is 0 Å². The van der Waals surface area contributed by atoms with Crippen LogP contribution in [0.25, 0.3) is 0 Å². The van der Waals surface area contributed by atoms with Crippen LogP contribution in [0.2, 0.25) is 0 Å². The van der Waals surface area contributed by atoms with Crippen molar-refractivity contribution in [2.45, 2.75) is 26.3 Å². The number of rotatable bonds is 1. The highest BCUT2D eigenvalue weighted by Crippen LogP contribution is 2.14. The lowest BCUT2D eigenvalue weighted by molar-refractivity contribution is 0.566. The van der Waals surface area contributed by atoms with E-state index in [0.29, 0.717) is 6.04 Å². The molecule has 1 aromatic rings. The molecule has 2 heterocycles. The number of aryl methyl sites for hydroxylation is 1. The summed E-state index contributed by atoms with van der Waals surface area (Å²) >= 11 is 0. The van der Waals surface area contributed by atoms with E-state index in [0.717, 1.165) is 25.3 Å². The molecule has 0 saturated carbocycles. The first-order valence-electron chi connectivity index (χ1n) is 5.67. The quantitative estimate of drug-likeness (QED) is 0.754. The van der Waals surface area contributed by atoms with Crippen molar-refractivity contribution in [3.05, 3.63) is 24.0 Å². The predicted octanol–water partition coefficient (Wildman–Crippen LogP) is 1.58. The Labute approximate surface area is 91.5 Å². The smallest absolute Gasteiger partial charge is 0.0553 e. The second-order valence-corrected chi connectivity index (χ2v) is 4.29. The lowest BCUT2D eigenvalue weighted by Crippen LogP contribution is -2.29. The maximum Gasteiger partial charge on any atom is 0.0553 e. The largest absolute Gasteiger partial charge is 0.369 e. The van der Waals surface area contributed by atoms with E-state index >= 15 is 0 Å². The molecule has 1 atom stereocenters. The zero-order chi connectivity index (χ0) is 10.7. The topological polar surface area (TPSA) is 28.2 Å². The Balaban J connectivity index is 2.06. The number of hydrogen-bond donors (Lipinski definition) is 1. The summed E-state index contributed by atoms with van der Waals surface area (Å²) < 4.78 is 0. The van der Waals surface area contributed by atoms with Crippen LogP contribution in [0.3, 0.4) is 0 Å². The SMILES string of the molecule is Cc1ccc(N2CCNC(C)CC2)cn1. The highest BCUT2D eigenvalue weighted by molar-refractivity contribution is 5.44. The number of aromatic nitrogens is 1. The van der Waals surface area contributed by atoms with Gasteiger partial charge in [-0.05, 0) is 32.4 Å². The molecule has 1 N–H and O–H groups in total. The Hall–Kier alpha value is -1.09. The standard InChI is InChI=1S/C12H19N3/c1-10-3-4-12(9-14-10)15-7-5-11(2)13-6-8-15/h3-4,9,11,13H,5-8H2,1-2H3. The Morgan fingerprint density at radius 3 is 3.00 bits per heavy atom. The third-order valence-electron chi connectivity index (χ3n) is 2.97. The Kier molecular flexibility index (Phi) is 3.21. The summed E-state index contributed by atoms with van der Waals surface area (Å²) in [4.78, 5) is 6.75. The third-order valence-corrected chi connectivity index (χ3v) is 2.97. The number of anilines is 1. The number of nitrogens with zero attached hydrogens (tertiary/aromatic N) is 2. The molecule has 0 spiro atoms. The summed E-state index contributed by atoms with van der Waals surface area (Å²) in [6.45, 7) is 7.54. The van der Waals surface area contributed by atoms with Crippen LogP contribution in [0.1, 0.15) is 19.0 Å². The maximum atomic E-state index is 4.34. The summed E-state index contributed by atoms with van der Waals surface area (Å²) in [5, 5.41) is 3.49. The minimum Gasteiger partial charge on any atom is -0.369 e. The summed E-state index contributed by atoms with van der Waals surface area (Å²) in [5.41, 5.74) is 2.33. The first kappa shape index (κ1) is 10.4. The molecule has 2 rings (SSSR count). The predicted molar refractivity (Wildman–Crippen MR) is 63.3 cm³/mol. The van der Waals surface area contributed by atoms with E-state index in [1.165, 1.54) is 12.1 Å². The van der Waals surface area contributed by atoms with Crippen molar-refractivity contribution in [1.29, 1.82) is 0 Å². The molecule has 0 aliphatic carbocycles. The monoisotopic (exact) mass is 205 g/mol. The molecular weight excluding hydrogens is 186 g/mol. The molecule has 1 aliphatic heterocycles. The number of nitrogens with one attached hydrogen (secondary N) is 1. The van der Waals surface area contributed by atoms with Gasteiger partial charge in [-0.15, -0.1) is 0 Å². The molecule has 3 heteroatoms. The second kappa shape index (κ2) is 4.62. The van der Waals surface area contributed by atoms with E-state index in [9.17, 15) is 0 Å². The summed E-state index contributed by atoms with van der Waals surface area (Å²) in [6, 6.07) is 4.88. The van der Waals surface area contributed by atoms with Gasteiger partial charge in [-0.25, -0.2) is 0 Å². The molecule has 1 fully saturated rings. The highest BCUT2D eigenvalue weighted by Gasteiger charge is 2.13. The van der Waals surface area contributed by atoms with E-state index in [1.807, 2.05) is 13.1 Å². The molecule has 1 unspecified atom stereocenters. The van der Waals surface area contributed by atoms with Gasteiger partial charge in [-0.1, -0.05) is 0 Å². The van der Waals surface area contributed by atoms with Crippen molar-refractivity contribution in [3.63, 3.8) is 0 Å². The second-order valence-electron chi connectivity index (χ2n) is 4.29. The van der Waals surface area contributed by atoms with Crippen LogP contribution in [-0.4, -0.2) is 30.7 Å². The Morgan fingerprint density at radius 1 is 1.40 bits per heavy atom. The van der Waals surface area contributed by atoms with E-state index in [2.05, 4.69) is 34.3 Å². The van der Waals surface area contributed by atoms with E-state index in [1.54, 1.807) is 0 Å². The first-order chi connectivity index (χ1) is 7.25. The molecule has 0 bridgehead atoms. The minimum atomic E-state index is 0.633. The van der Waals surface area contributed by atoms with Gasteiger partial charge < -0.3 is 10.2 Å². The molecule has 1 aromatic heterocycles. The average Bonchev–Trinajstić information content (AvgIpc) is 2.44. The van der Waals surface area contributed by atoms with Crippen molar-refractivity contribution in [1.82, 2.24) is 10.3 Å². The zero-order valence-electron chi connectivity index (χ0n) is 9.53. The molecule has 0 radical (unpaired) electrons. The summed E-state index contributed by atoms with van der Waals surface area (Å²) in [5.74, 6) is 0. The van der Waals surface area contributed by atoms with Crippen LogP contribution in [-0.2, 0) is 0 Å². The van der Waals surface area contributed by atoms with Gasteiger partial charge in [0.2, 0.25) is 0 Å². The lowest BCUT2D eigenvalue weighted by Gasteiger charge is -2.21. The van der Waals surface area contributed by atoms with Crippen LogP contribution in [0.5, 0.6) is 0 Å². The molecule has 15 heavy (non-hydrogen) atoms. The van der Waals surface area contributed by atoms with Gasteiger partial charge in [0, 0.05) is 31.4 Å². The van der Waals surface area contributed by atoms with Gasteiger partial charge in [0.15, 0.2) is 0 Å². The summed E-state index contributed by atoms with van der Waals surface area (Å²) in [6.07, 6.45) is 3.18. The van der Waals surface area contributed by atoms with Crippen molar-refractivity contribution in [2.75, 3.05) is 24.5 Å². The minimum absolute atomic E-state index is 0.633. The molecule has 3 nitrogen and oxygen atoms in total. The molecule has 1 saturated heterocycles. The van der Waals surface area contributed by atoms with Gasteiger partial charge in [-0.2, -0.15) is 0 Å². The van der Waals surface area contributed by atoms with Crippen molar-refractivity contribution < 1.29 is 0 Å². The fourth-order valence-electron chi connectivity index (χ4n) is 1.91. The molecular formula is C12H19N3. The Morgan fingerprint density at radius 2 is 2.27 bits per heavy atom. The van der Waals surface area contributed by atoms with Gasteiger partial charge in [-0.3, -0.25) is 4.98 Å². The van der Waals surface area contributed by atoms with E-state index in [4.69, 9.17) is 0 Å². The van der Waals surface area contributed by atoms with Crippen LogP contribution in [0.15, 0.2) is 18.3 Å². The summed E-state index contributed by atoms with van der Waals surface area (Å²) in [7, 11) is 0. The molecule has 0 amide bonds. The average molecular weight is 205 g/mol. The number of pyridine rings is 1. The van der Waals surface area contributed by atoms with Crippen LogP contribution < -0.4 is 10.2 Å². The lowest BCUT2D eigenvalue weighted by atomic mass is 10.2. The van der Waals surface area contributed by atoms with Gasteiger partial charge in [0.25, 0.3) is 0 Å². The molecule has 0 aromatic carbocycles. The van der Waals surface area contributed by atoms with Crippen LogP contribution in [0.4, 0.5) is 5.69 Å². The van der Waals surface area contributed by atoms with Crippen molar-refractivity contribution in [3.8, 4) is 0 Å². The molecule has 82 valence electrons. The zero-order valence-corrected chi connectivity index (χ0v) is 9.53. The maximum absolute atomic E-state index is 4.34. The van der Waals surface area contributed by atoms with Crippen molar-refractivity contribution >= 4 is 5.69 Å². The third kappa shape index (κ3) is 2.69. The fraction of sp³-hybridized carbons (Fsp3) is 0.583. The fourth-order valence-corrected chi connectivity index (χ4v) is 1.91. The van der Waals surface area contributed by atoms with Gasteiger partial charge in [0.1, 0.15) is 0 Å². The highest BCUT2D eigenvalue weighted by atomic mass is 15.2. The van der Waals surface area contributed by atoms with E-state index < -0.39 is 0 Å². The Bertz CT molecular complexity index is 307. The molecule has 1 aliphatic rings. The van der Waals surface area contributed by atoms with Crippen molar-refractivity contribution in [2.24, 2.45) is 0 Å². The van der Waals surface area contributed by atoms with Crippen LogP contribution in [0, 0.1) is 6.92 Å². The normalized spacial score (nSPS) is 22.5. The number of hydrogen-bond acceptors (Lipinski definition) is 3. The van der Waals surface area contributed by atoms with Crippen LogP contribution >= 0.6 is 0 Å². The van der Waals surface area contributed by atoms with Gasteiger partial charge in [0.05, 0.1) is 11.9 Å².